The summed E-state index contributed by atoms with van der Waals surface area (Å²) in [5.41, 5.74) is 0.191. The molecular weight excluding hydrogens is 321 g/mol. The van der Waals surface area contributed by atoms with E-state index in [1.807, 2.05) is 6.08 Å². The van der Waals surface area contributed by atoms with Crippen LogP contribution in [0.5, 0.6) is 5.88 Å². The minimum absolute atomic E-state index is 0.324. The zero-order valence-electron chi connectivity index (χ0n) is 14.5. The number of ether oxygens (including phenoxy) is 1. The minimum atomic E-state index is -1.05. The predicted octanol–water partition coefficient (Wildman–Crippen LogP) is 4.04. The van der Waals surface area contributed by atoms with E-state index in [0.29, 0.717) is 30.3 Å². The molecule has 0 bridgehead atoms. The lowest BCUT2D eigenvalue weighted by molar-refractivity contribution is -0.111. The first-order valence-electron chi connectivity index (χ1n) is 8.22. The number of carbonyl (C=O) groups is 1. The quantitative estimate of drug-likeness (QED) is 0.647. The summed E-state index contributed by atoms with van der Waals surface area (Å²) in [5.74, 6) is 0.372. The highest BCUT2D eigenvalue weighted by Crippen LogP contribution is 2.35. The molecule has 1 aromatic rings. The number of halogens is 1. The second-order valence-electron chi connectivity index (χ2n) is 6.38. The third-order valence-corrected chi connectivity index (χ3v) is 4.27. The first kappa shape index (κ1) is 18.7. The summed E-state index contributed by atoms with van der Waals surface area (Å²) in [4.78, 5) is 15.8. The molecule has 0 saturated heterocycles. The lowest BCUT2D eigenvalue weighted by Crippen LogP contribution is -2.25. The van der Waals surface area contributed by atoms with Crippen LogP contribution in [0.3, 0.4) is 0 Å². The molecule has 1 aliphatic carbocycles. The number of anilines is 1. The van der Waals surface area contributed by atoms with Crippen molar-refractivity contribution in [3.63, 3.8) is 0 Å². The van der Waals surface area contributed by atoms with E-state index in [9.17, 15) is 9.18 Å². The van der Waals surface area contributed by atoms with E-state index in [4.69, 9.17) is 10.00 Å². The number of alkyl halides is 1. The van der Waals surface area contributed by atoms with Gasteiger partial charge in [-0.15, -0.1) is 0 Å². The Balaban J connectivity index is 2.09. The van der Waals surface area contributed by atoms with Gasteiger partial charge in [0.1, 0.15) is 5.67 Å². The summed E-state index contributed by atoms with van der Waals surface area (Å²) in [5, 5.41) is 11.1. The molecule has 0 radical (unpaired) electrons. The van der Waals surface area contributed by atoms with Gasteiger partial charge in [-0.25, -0.2) is 9.37 Å². The van der Waals surface area contributed by atoms with Gasteiger partial charge in [0.2, 0.25) is 11.8 Å². The smallest absolute Gasteiger partial charge is 0.249 e. The topological polar surface area (TPSA) is 75.0 Å². The highest BCUT2D eigenvalue weighted by Gasteiger charge is 2.29. The van der Waals surface area contributed by atoms with Gasteiger partial charge in [0, 0.05) is 17.7 Å². The number of pyridine rings is 1. The molecule has 1 N–H and O–H groups in total. The van der Waals surface area contributed by atoms with Crippen molar-refractivity contribution in [1.29, 1.82) is 5.26 Å². The molecule has 0 atom stereocenters. The largest absolute Gasteiger partial charge is 0.481 e. The Morgan fingerprint density at radius 3 is 2.88 bits per heavy atom. The molecular formula is C19H22FN3O2. The summed E-state index contributed by atoms with van der Waals surface area (Å²) in [6, 6.07) is 3.51. The van der Waals surface area contributed by atoms with Crippen LogP contribution in [0.2, 0.25) is 0 Å². The van der Waals surface area contributed by atoms with Crippen LogP contribution in [-0.4, -0.2) is 23.7 Å². The van der Waals surface area contributed by atoms with Gasteiger partial charge >= 0.3 is 0 Å². The van der Waals surface area contributed by atoms with Gasteiger partial charge in [-0.2, -0.15) is 5.26 Å². The zero-order valence-corrected chi connectivity index (χ0v) is 14.5. The maximum atomic E-state index is 13.9. The molecule has 1 aromatic heterocycles. The van der Waals surface area contributed by atoms with Crippen molar-refractivity contribution in [3.8, 4) is 11.9 Å². The third-order valence-electron chi connectivity index (χ3n) is 4.27. The molecule has 1 aliphatic rings. The Labute approximate surface area is 147 Å². The van der Waals surface area contributed by atoms with Gasteiger partial charge in [-0.05, 0) is 44.6 Å². The number of aromatic nitrogens is 1. The Morgan fingerprint density at radius 1 is 1.52 bits per heavy atom. The summed E-state index contributed by atoms with van der Waals surface area (Å²) in [7, 11) is 1.53. The van der Waals surface area contributed by atoms with Crippen molar-refractivity contribution < 1.29 is 13.9 Å². The number of nitriles is 1. The van der Waals surface area contributed by atoms with Crippen molar-refractivity contribution in [3.05, 3.63) is 36.1 Å². The van der Waals surface area contributed by atoms with Crippen LogP contribution in [-0.2, 0) is 4.79 Å². The van der Waals surface area contributed by atoms with Crippen molar-refractivity contribution in [2.45, 2.75) is 38.3 Å². The number of rotatable bonds is 5. The monoisotopic (exact) mass is 343 g/mol. The SMILES string of the molecule is COc1ncc(NC(=O)/C=C/C#N)cc1/C=C/C1CCC(C)(F)CC1. The van der Waals surface area contributed by atoms with E-state index in [1.165, 1.54) is 13.3 Å². The molecule has 6 heteroatoms. The number of allylic oxidation sites excluding steroid dienone is 2. The normalized spacial score (nSPS) is 23.5. The Bertz CT molecular complexity index is 710. The number of amides is 1. The number of methoxy groups -OCH3 is 1. The number of hydrogen-bond acceptors (Lipinski definition) is 4. The molecule has 1 amide bonds. The van der Waals surface area contributed by atoms with Crippen LogP contribution < -0.4 is 10.1 Å². The van der Waals surface area contributed by atoms with E-state index in [0.717, 1.165) is 30.6 Å². The minimum Gasteiger partial charge on any atom is -0.481 e. The second kappa shape index (κ2) is 8.43. The van der Waals surface area contributed by atoms with Crippen molar-refractivity contribution in [1.82, 2.24) is 4.98 Å². The summed E-state index contributed by atoms with van der Waals surface area (Å²) in [6.07, 6.45) is 10.5. The van der Waals surface area contributed by atoms with Crippen molar-refractivity contribution in [2.24, 2.45) is 5.92 Å². The van der Waals surface area contributed by atoms with E-state index in [-0.39, 0.29) is 0 Å². The average molecular weight is 343 g/mol. The number of nitrogens with one attached hydrogen (secondary N) is 1. The molecule has 1 fully saturated rings. The van der Waals surface area contributed by atoms with Gasteiger partial charge in [-0.3, -0.25) is 4.79 Å². The van der Waals surface area contributed by atoms with Gasteiger partial charge in [0.05, 0.1) is 25.1 Å². The predicted molar refractivity (Wildman–Crippen MR) is 94.7 cm³/mol. The average Bonchev–Trinajstić information content (AvgIpc) is 2.59. The molecule has 132 valence electrons. The standard InChI is InChI=1S/C19H22FN3O2/c1-19(20)9-7-14(8-10-19)5-6-15-12-16(13-22-18(15)25-2)23-17(24)4-3-11-21/h3-6,12-14H,7-10H2,1-2H3,(H,23,24)/b4-3+,6-5+. The molecule has 0 unspecified atom stereocenters. The van der Waals surface area contributed by atoms with Crippen LogP contribution in [0.4, 0.5) is 10.1 Å². The second-order valence-corrected chi connectivity index (χ2v) is 6.38. The number of hydrogen-bond donors (Lipinski definition) is 1. The van der Waals surface area contributed by atoms with Crippen LogP contribution in [0.1, 0.15) is 38.2 Å². The van der Waals surface area contributed by atoms with E-state index in [1.54, 1.807) is 19.1 Å². The van der Waals surface area contributed by atoms with Crippen LogP contribution in [0.25, 0.3) is 6.08 Å². The third kappa shape index (κ3) is 5.71. The van der Waals surface area contributed by atoms with Crippen LogP contribution in [0.15, 0.2) is 30.5 Å². The van der Waals surface area contributed by atoms with E-state index >= 15 is 0 Å². The highest BCUT2D eigenvalue weighted by molar-refractivity contribution is 5.99. The fourth-order valence-electron chi connectivity index (χ4n) is 2.80. The van der Waals surface area contributed by atoms with Crippen molar-refractivity contribution in [2.75, 3.05) is 12.4 Å². The van der Waals surface area contributed by atoms with Crippen LogP contribution in [0, 0.1) is 17.2 Å². The Morgan fingerprint density at radius 2 is 2.24 bits per heavy atom. The zero-order chi connectivity index (χ0) is 18.3. The highest BCUT2D eigenvalue weighted by atomic mass is 19.1. The maximum absolute atomic E-state index is 13.9. The maximum Gasteiger partial charge on any atom is 0.249 e. The van der Waals surface area contributed by atoms with Gasteiger partial charge in [0.25, 0.3) is 0 Å². The van der Waals surface area contributed by atoms with Crippen LogP contribution >= 0.6 is 0 Å². The number of carbonyl (C=O) groups excluding carboxylic acids is 1. The van der Waals surface area contributed by atoms with Gasteiger partial charge in [0.15, 0.2) is 0 Å². The summed E-state index contributed by atoms with van der Waals surface area (Å²) >= 11 is 0. The first-order valence-corrected chi connectivity index (χ1v) is 8.22. The fraction of sp³-hybridized carbons (Fsp3) is 0.421. The molecule has 5 nitrogen and oxygen atoms in total. The molecule has 25 heavy (non-hydrogen) atoms. The molecule has 1 heterocycles. The molecule has 0 aliphatic heterocycles. The molecule has 1 saturated carbocycles. The van der Waals surface area contributed by atoms with Crippen molar-refractivity contribution >= 4 is 17.7 Å². The molecule has 2 rings (SSSR count). The van der Waals surface area contributed by atoms with E-state index < -0.39 is 11.6 Å². The number of nitrogens with zero attached hydrogens (tertiary/aromatic N) is 2. The Kier molecular flexibility index (Phi) is 6.29. The fourth-order valence-corrected chi connectivity index (χ4v) is 2.80. The first-order chi connectivity index (χ1) is 11.9. The summed E-state index contributed by atoms with van der Waals surface area (Å²) < 4.78 is 19.1. The molecule has 0 spiro atoms. The molecule has 0 aromatic carbocycles. The van der Waals surface area contributed by atoms with Gasteiger partial charge < -0.3 is 10.1 Å². The Hall–Kier alpha value is -2.68. The lowest BCUT2D eigenvalue weighted by Gasteiger charge is -2.29. The summed E-state index contributed by atoms with van der Waals surface area (Å²) in [6.45, 7) is 1.66. The van der Waals surface area contributed by atoms with Gasteiger partial charge in [-0.1, -0.05) is 12.2 Å². The van der Waals surface area contributed by atoms with E-state index in [2.05, 4.69) is 16.4 Å². The lowest BCUT2D eigenvalue weighted by atomic mass is 9.81.